The van der Waals surface area contributed by atoms with E-state index in [4.69, 9.17) is 5.73 Å². The third kappa shape index (κ3) is 5.92. The van der Waals surface area contributed by atoms with Crippen LogP contribution in [0.5, 0.6) is 0 Å². The Morgan fingerprint density at radius 1 is 1.06 bits per heavy atom. The lowest BCUT2D eigenvalue weighted by atomic mass is 9.85. The van der Waals surface area contributed by atoms with Crippen molar-refractivity contribution in [2.24, 2.45) is 11.7 Å². The maximum atomic E-state index is 13.3. The van der Waals surface area contributed by atoms with Crippen LogP contribution in [0.15, 0.2) is 29.2 Å². The summed E-state index contributed by atoms with van der Waals surface area (Å²) in [4.78, 5) is 12.5. The van der Waals surface area contributed by atoms with Crippen molar-refractivity contribution in [3.8, 4) is 11.3 Å². The monoisotopic (exact) mass is 487 g/mol. The molecule has 1 saturated carbocycles. The van der Waals surface area contributed by atoms with Crippen LogP contribution in [0.1, 0.15) is 95.3 Å². The van der Waals surface area contributed by atoms with E-state index in [1.54, 1.807) is 6.07 Å². The van der Waals surface area contributed by atoms with Crippen LogP contribution < -0.4 is 10.5 Å². The van der Waals surface area contributed by atoms with Gasteiger partial charge in [0.25, 0.3) is 5.91 Å². The van der Waals surface area contributed by atoms with E-state index >= 15 is 0 Å². The van der Waals surface area contributed by atoms with E-state index in [0.29, 0.717) is 11.5 Å². The number of carbonyl (C=O) groups excluding carboxylic acids is 1. The summed E-state index contributed by atoms with van der Waals surface area (Å²) in [7, 11) is -3.71. The van der Waals surface area contributed by atoms with Crippen LogP contribution in [0.25, 0.3) is 11.3 Å². The molecule has 1 aliphatic carbocycles. The van der Waals surface area contributed by atoms with Gasteiger partial charge in [0.1, 0.15) is 0 Å². The largest absolute Gasteiger partial charge is 0.366 e. The van der Waals surface area contributed by atoms with Crippen molar-refractivity contribution in [1.82, 2.24) is 9.29 Å². The fraction of sp³-hybridized carbons (Fsp3) is 0.593. The van der Waals surface area contributed by atoms with Crippen molar-refractivity contribution in [3.05, 3.63) is 41.1 Å². The molecule has 0 aliphatic heterocycles. The first-order valence-corrected chi connectivity index (χ1v) is 13.8. The fourth-order valence-electron chi connectivity index (χ4n) is 4.96. The molecule has 0 bridgehead atoms. The summed E-state index contributed by atoms with van der Waals surface area (Å²) in [5, 5.41) is 0. The SMILES string of the molecule is Cc1c(C(N)=O)cc(-c2ccc(S(=O)(=O)NC(C)(C)C)c(C(C)(C)C)c2)n1CC1CCCCC1. The van der Waals surface area contributed by atoms with Gasteiger partial charge in [-0.15, -0.1) is 0 Å². The molecule has 1 fully saturated rings. The Labute approximate surface area is 205 Å². The summed E-state index contributed by atoms with van der Waals surface area (Å²) in [6.07, 6.45) is 6.14. The van der Waals surface area contributed by atoms with Gasteiger partial charge in [0.05, 0.1) is 10.5 Å². The highest BCUT2D eigenvalue weighted by Crippen LogP contribution is 2.36. The van der Waals surface area contributed by atoms with Crippen molar-refractivity contribution >= 4 is 15.9 Å². The second-order valence-corrected chi connectivity index (χ2v) is 13.5. The summed E-state index contributed by atoms with van der Waals surface area (Å²) in [5.41, 5.74) is 8.66. The Morgan fingerprint density at radius 3 is 2.21 bits per heavy atom. The number of benzene rings is 1. The zero-order valence-corrected chi connectivity index (χ0v) is 22.6. The summed E-state index contributed by atoms with van der Waals surface area (Å²) >= 11 is 0. The van der Waals surface area contributed by atoms with Crippen LogP contribution in [0.3, 0.4) is 0 Å². The number of nitrogens with zero attached hydrogens (tertiary/aromatic N) is 1. The van der Waals surface area contributed by atoms with Crippen LogP contribution in [0.2, 0.25) is 0 Å². The molecule has 3 N–H and O–H groups in total. The maximum absolute atomic E-state index is 13.3. The summed E-state index contributed by atoms with van der Waals surface area (Å²) in [6, 6.07) is 7.38. The standard InChI is InChI=1S/C27H41N3O3S/c1-18-21(25(28)31)16-23(30(18)17-19-11-9-8-10-12-19)20-13-14-24(22(15-20)26(2,3)4)34(32,33)29-27(5,6)7/h13-16,19,29H,8-12,17H2,1-7H3,(H2,28,31). The number of hydrogen-bond acceptors (Lipinski definition) is 3. The minimum atomic E-state index is -3.71. The minimum Gasteiger partial charge on any atom is -0.366 e. The lowest BCUT2D eigenvalue weighted by Gasteiger charge is -2.27. The van der Waals surface area contributed by atoms with Gasteiger partial charge in [0.2, 0.25) is 10.0 Å². The van der Waals surface area contributed by atoms with Crippen molar-refractivity contribution in [3.63, 3.8) is 0 Å². The van der Waals surface area contributed by atoms with Crippen LogP contribution >= 0.6 is 0 Å². The molecule has 1 aromatic carbocycles. The Balaban J connectivity index is 2.16. The molecule has 0 saturated heterocycles. The minimum absolute atomic E-state index is 0.288. The number of rotatable bonds is 6. The van der Waals surface area contributed by atoms with E-state index in [1.807, 2.05) is 66.7 Å². The summed E-state index contributed by atoms with van der Waals surface area (Å²) in [6.45, 7) is 14.3. The predicted molar refractivity (Wildman–Crippen MR) is 138 cm³/mol. The van der Waals surface area contributed by atoms with Crippen molar-refractivity contribution in [2.75, 3.05) is 0 Å². The third-order valence-electron chi connectivity index (χ3n) is 6.61. The molecule has 2 aromatic rings. The molecule has 3 rings (SSSR count). The number of nitrogens with one attached hydrogen (secondary N) is 1. The fourth-order valence-corrected chi connectivity index (χ4v) is 6.78. The number of nitrogens with two attached hydrogens (primary N) is 1. The van der Waals surface area contributed by atoms with E-state index in [-0.39, 0.29) is 4.90 Å². The second kappa shape index (κ2) is 9.50. The number of amides is 1. The molecule has 34 heavy (non-hydrogen) atoms. The molecular formula is C27H41N3O3S. The van der Waals surface area contributed by atoms with Gasteiger partial charge in [-0.3, -0.25) is 4.79 Å². The molecule has 1 amide bonds. The van der Waals surface area contributed by atoms with Gasteiger partial charge in [-0.1, -0.05) is 46.1 Å². The van der Waals surface area contributed by atoms with Crippen molar-refractivity contribution in [1.29, 1.82) is 0 Å². The molecule has 0 spiro atoms. The molecular weight excluding hydrogens is 446 g/mol. The molecule has 6 nitrogen and oxygen atoms in total. The first-order valence-electron chi connectivity index (χ1n) is 12.3. The molecule has 0 atom stereocenters. The highest BCUT2D eigenvalue weighted by Gasteiger charge is 2.30. The summed E-state index contributed by atoms with van der Waals surface area (Å²) in [5.74, 6) is 0.128. The van der Waals surface area contributed by atoms with Gasteiger partial charge >= 0.3 is 0 Å². The van der Waals surface area contributed by atoms with Gasteiger partial charge in [-0.05, 0) is 81.2 Å². The van der Waals surface area contributed by atoms with Crippen molar-refractivity contribution in [2.45, 2.75) is 103 Å². The number of carbonyl (C=O) groups is 1. The average molecular weight is 488 g/mol. The molecule has 1 aromatic heterocycles. The number of primary amides is 1. The third-order valence-corrected chi connectivity index (χ3v) is 8.43. The number of sulfonamides is 1. The normalized spacial score (nSPS) is 16.1. The molecule has 7 heteroatoms. The molecule has 0 radical (unpaired) electrons. The van der Waals surface area contributed by atoms with Gasteiger partial charge < -0.3 is 10.3 Å². The van der Waals surface area contributed by atoms with Gasteiger partial charge in [0.15, 0.2) is 0 Å². The van der Waals surface area contributed by atoms with Crippen LogP contribution in [-0.2, 0) is 22.0 Å². The van der Waals surface area contributed by atoms with E-state index < -0.39 is 26.9 Å². The maximum Gasteiger partial charge on any atom is 0.250 e. The number of aromatic nitrogens is 1. The van der Waals surface area contributed by atoms with Gasteiger partial charge in [-0.25, -0.2) is 13.1 Å². The van der Waals surface area contributed by atoms with E-state index in [0.717, 1.165) is 29.1 Å². The lowest BCUT2D eigenvalue weighted by molar-refractivity contribution is 0.0999. The Bertz CT molecular complexity index is 1160. The first kappa shape index (κ1) is 26.5. The Morgan fingerprint density at radius 2 is 1.68 bits per heavy atom. The van der Waals surface area contributed by atoms with Crippen LogP contribution in [0, 0.1) is 12.8 Å². The molecule has 0 unspecified atom stereocenters. The van der Waals surface area contributed by atoms with E-state index in [9.17, 15) is 13.2 Å². The second-order valence-electron chi connectivity index (χ2n) is 11.8. The predicted octanol–water partition coefficient (Wildman–Crippen LogP) is 5.52. The van der Waals surface area contributed by atoms with E-state index in [1.165, 1.54) is 32.1 Å². The first-order chi connectivity index (χ1) is 15.6. The molecule has 188 valence electrons. The van der Waals surface area contributed by atoms with Crippen molar-refractivity contribution < 1.29 is 13.2 Å². The highest BCUT2D eigenvalue weighted by molar-refractivity contribution is 7.89. The highest BCUT2D eigenvalue weighted by atomic mass is 32.2. The van der Waals surface area contributed by atoms with Gasteiger partial charge in [0, 0.05) is 23.5 Å². The van der Waals surface area contributed by atoms with Crippen LogP contribution in [0.4, 0.5) is 0 Å². The van der Waals surface area contributed by atoms with Crippen LogP contribution in [-0.4, -0.2) is 24.4 Å². The average Bonchev–Trinajstić information content (AvgIpc) is 3.02. The molecule has 1 aliphatic rings. The molecule has 1 heterocycles. The van der Waals surface area contributed by atoms with E-state index in [2.05, 4.69) is 9.29 Å². The lowest BCUT2D eigenvalue weighted by Crippen LogP contribution is -2.41. The zero-order valence-electron chi connectivity index (χ0n) is 21.8. The topological polar surface area (TPSA) is 94.2 Å². The van der Waals surface area contributed by atoms with Gasteiger partial charge in [-0.2, -0.15) is 0 Å². The Hall–Kier alpha value is -2.12. The Kier molecular flexibility index (Phi) is 7.40. The summed E-state index contributed by atoms with van der Waals surface area (Å²) < 4.78 is 31.5. The quantitative estimate of drug-likeness (QED) is 0.562. The number of hydrogen-bond donors (Lipinski definition) is 2. The smallest absolute Gasteiger partial charge is 0.250 e. The zero-order chi connectivity index (χ0) is 25.5.